The van der Waals surface area contributed by atoms with Crippen molar-refractivity contribution in [2.75, 3.05) is 6.54 Å². The Morgan fingerprint density at radius 1 is 1.39 bits per heavy atom. The van der Waals surface area contributed by atoms with Crippen LogP contribution in [0.4, 0.5) is 0 Å². The van der Waals surface area contributed by atoms with Gasteiger partial charge in [0.05, 0.1) is 12.6 Å². The van der Waals surface area contributed by atoms with Crippen LogP contribution in [-0.4, -0.2) is 24.6 Å². The lowest BCUT2D eigenvalue weighted by Crippen LogP contribution is -2.42. The summed E-state index contributed by atoms with van der Waals surface area (Å²) in [5, 5.41) is 2.73. The van der Waals surface area contributed by atoms with Crippen molar-refractivity contribution in [3.63, 3.8) is 0 Å². The van der Waals surface area contributed by atoms with Crippen LogP contribution in [0.2, 0.25) is 0 Å². The maximum Gasteiger partial charge on any atom is 0.236 e. The molecule has 5 heteroatoms. The van der Waals surface area contributed by atoms with Gasteiger partial charge in [-0.2, -0.15) is 0 Å². The lowest BCUT2D eigenvalue weighted by atomic mass is 10.2. The molecule has 0 radical (unpaired) electrons. The Hall–Kier alpha value is -1.26. The highest BCUT2D eigenvalue weighted by atomic mass is 35.5. The van der Waals surface area contributed by atoms with Crippen molar-refractivity contribution in [1.29, 1.82) is 0 Å². The van der Waals surface area contributed by atoms with E-state index in [1.165, 1.54) is 0 Å². The zero-order valence-electron chi connectivity index (χ0n) is 11.0. The number of benzene rings is 1. The molecule has 0 fully saturated rings. The third-order valence-electron chi connectivity index (χ3n) is 2.40. The first-order valence-electron chi connectivity index (χ1n) is 5.76. The lowest BCUT2D eigenvalue weighted by Gasteiger charge is -2.17. The molecule has 0 saturated carbocycles. The van der Waals surface area contributed by atoms with Crippen molar-refractivity contribution in [3.05, 3.63) is 29.8 Å². The number of nitrogens with one attached hydrogen (secondary N) is 1. The molecule has 1 rings (SSSR count). The molecule has 1 amide bonds. The molecule has 0 saturated heterocycles. The zero-order chi connectivity index (χ0) is 12.8. The van der Waals surface area contributed by atoms with Crippen molar-refractivity contribution in [2.45, 2.75) is 32.9 Å². The smallest absolute Gasteiger partial charge is 0.236 e. The fourth-order valence-electron chi connectivity index (χ4n) is 1.35. The van der Waals surface area contributed by atoms with Gasteiger partial charge in [0, 0.05) is 0 Å². The van der Waals surface area contributed by atoms with Gasteiger partial charge >= 0.3 is 0 Å². The van der Waals surface area contributed by atoms with E-state index in [-0.39, 0.29) is 24.4 Å². The second-order valence-corrected chi connectivity index (χ2v) is 4.23. The van der Waals surface area contributed by atoms with Gasteiger partial charge in [-0.05, 0) is 32.4 Å². The summed E-state index contributed by atoms with van der Waals surface area (Å²) < 4.78 is 5.72. The first-order chi connectivity index (χ1) is 8.00. The lowest BCUT2D eigenvalue weighted by molar-refractivity contribution is -0.122. The fourth-order valence-corrected chi connectivity index (χ4v) is 1.35. The van der Waals surface area contributed by atoms with Crippen molar-refractivity contribution in [3.8, 4) is 5.75 Å². The molecule has 0 bridgehead atoms. The van der Waals surface area contributed by atoms with E-state index in [0.29, 0.717) is 6.54 Å². The molecule has 1 unspecified atom stereocenters. The highest BCUT2D eigenvalue weighted by molar-refractivity contribution is 5.85. The Balaban J connectivity index is 0.00000289. The molecule has 3 N–H and O–H groups in total. The molecule has 1 aromatic carbocycles. The maximum absolute atomic E-state index is 11.3. The first kappa shape index (κ1) is 16.7. The van der Waals surface area contributed by atoms with Gasteiger partial charge in [-0.15, -0.1) is 12.4 Å². The summed E-state index contributed by atoms with van der Waals surface area (Å²) in [7, 11) is 0. The molecule has 0 aliphatic carbocycles. The van der Waals surface area contributed by atoms with Gasteiger partial charge in [0.15, 0.2) is 0 Å². The Bertz CT molecular complexity index is 383. The van der Waals surface area contributed by atoms with Crippen LogP contribution in [0.3, 0.4) is 0 Å². The quantitative estimate of drug-likeness (QED) is 0.857. The molecule has 2 atom stereocenters. The Labute approximate surface area is 114 Å². The minimum absolute atomic E-state index is 0. The Morgan fingerprint density at radius 3 is 2.56 bits per heavy atom. The monoisotopic (exact) mass is 272 g/mol. The third kappa shape index (κ3) is 5.38. The molecule has 0 heterocycles. The molecule has 0 aromatic heterocycles. The highest BCUT2D eigenvalue weighted by Gasteiger charge is 2.10. The summed E-state index contributed by atoms with van der Waals surface area (Å²) in [6.45, 7) is 6.01. The van der Waals surface area contributed by atoms with Crippen LogP contribution in [-0.2, 0) is 4.79 Å². The molecular weight excluding hydrogens is 252 g/mol. The Kier molecular flexibility index (Phi) is 7.39. The van der Waals surface area contributed by atoms with E-state index < -0.39 is 6.04 Å². The average molecular weight is 273 g/mol. The number of aryl methyl sites for hydroxylation is 1. The average Bonchev–Trinajstić information content (AvgIpc) is 2.29. The van der Waals surface area contributed by atoms with Crippen LogP contribution in [0.5, 0.6) is 5.75 Å². The van der Waals surface area contributed by atoms with Gasteiger partial charge in [-0.3, -0.25) is 4.79 Å². The fraction of sp³-hybridized carbons (Fsp3) is 0.462. The number of hydrogen-bond acceptors (Lipinski definition) is 3. The van der Waals surface area contributed by atoms with E-state index in [9.17, 15) is 4.79 Å². The van der Waals surface area contributed by atoms with Crippen LogP contribution in [0.25, 0.3) is 0 Å². The maximum atomic E-state index is 11.3. The van der Waals surface area contributed by atoms with E-state index in [4.69, 9.17) is 10.5 Å². The molecule has 102 valence electrons. The predicted octanol–water partition coefficient (Wildman–Crippen LogP) is 1.65. The number of ether oxygens (including phenoxy) is 1. The van der Waals surface area contributed by atoms with Gasteiger partial charge in [-0.1, -0.05) is 18.2 Å². The minimum Gasteiger partial charge on any atom is -0.489 e. The summed E-state index contributed by atoms with van der Waals surface area (Å²) in [4.78, 5) is 11.3. The number of carbonyl (C=O) groups excluding carboxylic acids is 1. The first-order valence-corrected chi connectivity index (χ1v) is 5.76. The van der Waals surface area contributed by atoms with Crippen molar-refractivity contribution >= 4 is 18.3 Å². The number of halogens is 1. The van der Waals surface area contributed by atoms with Crippen LogP contribution in [0, 0.1) is 6.92 Å². The zero-order valence-corrected chi connectivity index (χ0v) is 11.8. The van der Waals surface area contributed by atoms with Gasteiger partial charge < -0.3 is 15.8 Å². The van der Waals surface area contributed by atoms with E-state index in [1.807, 2.05) is 38.1 Å². The summed E-state index contributed by atoms with van der Waals surface area (Å²) in [6.07, 6.45) is -0.0844. The van der Waals surface area contributed by atoms with E-state index >= 15 is 0 Å². The predicted molar refractivity (Wildman–Crippen MR) is 75.2 cm³/mol. The highest BCUT2D eigenvalue weighted by Crippen LogP contribution is 2.17. The van der Waals surface area contributed by atoms with Crippen LogP contribution in [0.1, 0.15) is 19.4 Å². The van der Waals surface area contributed by atoms with Crippen LogP contribution < -0.4 is 15.8 Å². The normalized spacial score (nSPS) is 13.1. The number of hydrogen-bond donors (Lipinski definition) is 2. The molecule has 0 spiro atoms. The number of amides is 1. The van der Waals surface area contributed by atoms with Crippen molar-refractivity contribution < 1.29 is 9.53 Å². The Morgan fingerprint density at radius 2 is 2.00 bits per heavy atom. The second kappa shape index (κ2) is 7.95. The van der Waals surface area contributed by atoms with E-state index in [2.05, 4.69) is 5.32 Å². The van der Waals surface area contributed by atoms with Gasteiger partial charge in [0.25, 0.3) is 0 Å². The van der Waals surface area contributed by atoms with Crippen LogP contribution >= 0.6 is 12.4 Å². The van der Waals surface area contributed by atoms with Gasteiger partial charge in [0.2, 0.25) is 5.91 Å². The molecule has 1 aromatic rings. The topological polar surface area (TPSA) is 64.3 Å². The summed E-state index contributed by atoms with van der Waals surface area (Å²) in [5.74, 6) is 0.681. The third-order valence-corrected chi connectivity index (χ3v) is 2.40. The van der Waals surface area contributed by atoms with Gasteiger partial charge in [-0.25, -0.2) is 0 Å². The molecule has 0 aliphatic heterocycles. The summed E-state index contributed by atoms with van der Waals surface area (Å²) in [5.41, 5.74) is 6.53. The van der Waals surface area contributed by atoms with Crippen molar-refractivity contribution in [2.24, 2.45) is 5.73 Å². The molecular formula is C13H21ClN2O2. The largest absolute Gasteiger partial charge is 0.489 e. The second-order valence-electron chi connectivity index (χ2n) is 4.23. The number of para-hydroxylation sites is 1. The van der Waals surface area contributed by atoms with Crippen LogP contribution in [0.15, 0.2) is 24.3 Å². The summed E-state index contributed by atoms with van der Waals surface area (Å²) in [6, 6.07) is 7.31. The van der Waals surface area contributed by atoms with E-state index in [0.717, 1.165) is 11.3 Å². The summed E-state index contributed by atoms with van der Waals surface area (Å²) >= 11 is 0. The number of carbonyl (C=O) groups is 1. The number of rotatable bonds is 5. The molecule has 18 heavy (non-hydrogen) atoms. The standard InChI is InChI=1S/C13H20N2O2.ClH/c1-9-6-4-5-7-12(9)17-10(2)8-15-13(16)11(3)14;/h4-7,10-11H,8,14H2,1-3H3,(H,15,16);1H/t10?,11-;/m0./s1. The van der Waals surface area contributed by atoms with Crippen molar-refractivity contribution in [1.82, 2.24) is 5.32 Å². The van der Waals surface area contributed by atoms with Gasteiger partial charge in [0.1, 0.15) is 11.9 Å². The number of nitrogens with two attached hydrogens (primary N) is 1. The molecule has 0 aliphatic rings. The SMILES string of the molecule is Cc1ccccc1OC(C)CNC(=O)[C@H](C)N.Cl. The minimum atomic E-state index is -0.485. The molecule has 4 nitrogen and oxygen atoms in total. The van der Waals surface area contributed by atoms with E-state index in [1.54, 1.807) is 6.92 Å².